The molecule has 8 heteroatoms. The van der Waals surface area contributed by atoms with Gasteiger partial charge in [0.2, 0.25) is 5.96 Å². The SMILES string of the molecule is NC(=O)NC(=O)NN=C(N)N. The molecule has 8 nitrogen and oxygen atoms in total. The molecule has 8 N–H and O–H groups in total. The molecule has 0 aromatic heterocycles. The van der Waals surface area contributed by atoms with Crippen LogP contribution >= 0.6 is 0 Å². The summed E-state index contributed by atoms with van der Waals surface area (Å²) in [4.78, 5) is 20.4. The third-order valence-electron chi connectivity index (χ3n) is 0.523. The van der Waals surface area contributed by atoms with Crippen LogP contribution in [0.4, 0.5) is 9.59 Å². The highest BCUT2D eigenvalue weighted by atomic mass is 16.2. The van der Waals surface area contributed by atoms with E-state index in [9.17, 15) is 9.59 Å². The lowest BCUT2D eigenvalue weighted by molar-refractivity contribution is 0.232. The van der Waals surface area contributed by atoms with Crippen molar-refractivity contribution in [2.45, 2.75) is 0 Å². The number of nitrogens with two attached hydrogens (primary N) is 3. The Bertz CT molecular complexity index is 194. The van der Waals surface area contributed by atoms with Gasteiger partial charge in [0.1, 0.15) is 0 Å². The molecular formula is C3H8N6O2. The molecule has 0 radical (unpaired) electrons. The van der Waals surface area contributed by atoms with Crippen LogP contribution in [0.15, 0.2) is 5.10 Å². The van der Waals surface area contributed by atoms with Crippen LogP contribution in [0, 0.1) is 0 Å². The van der Waals surface area contributed by atoms with Crippen molar-refractivity contribution in [3.63, 3.8) is 0 Å². The monoisotopic (exact) mass is 160 g/mol. The molecule has 62 valence electrons. The summed E-state index contributed by atoms with van der Waals surface area (Å²) in [5.74, 6) is -0.329. The van der Waals surface area contributed by atoms with E-state index >= 15 is 0 Å². The van der Waals surface area contributed by atoms with Gasteiger partial charge in [-0.15, -0.1) is 5.10 Å². The number of hydrazone groups is 1. The number of nitrogens with zero attached hydrogens (tertiary/aromatic N) is 1. The number of carbonyl (C=O) groups is 2. The van der Waals surface area contributed by atoms with Crippen LogP contribution in [-0.2, 0) is 0 Å². The van der Waals surface area contributed by atoms with Crippen molar-refractivity contribution < 1.29 is 9.59 Å². The molecule has 4 amide bonds. The highest BCUT2D eigenvalue weighted by molar-refractivity contribution is 5.92. The molecule has 0 bridgehead atoms. The Hall–Kier alpha value is -1.99. The molecule has 0 unspecified atom stereocenters. The normalized spacial score (nSPS) is 8.00. The highest BCUT2D eigenvalue weighted by Gasteiger charge is 1.99. The van der Waals surface area contributed by atoms with E-state index in [1.54, 1.807) is 10.7 Å². The zero-order valence-corrected chi connectivity index (χ0v) is 5.50. The maximum absolute atomic E-state index is 10.4. The first-order valence-corrected chi connectivity index (χ1v) is 2.47. The summed E-state index contributed by atoms with van der Waals surface area (Å²) in [6.07, 6.45) is 0. The first-order valence-electron chi connectivity index (χ1n) is 2.47. The number of urea groups is 2. The van der Waals surface area contributed by atoms with Crippen molar-refractivity contribution in [1.29, 1.82) is 0 Å². The second-order valence-electron chi connectivity index (χ2n) is 1.47. The number of nitrogens with one attached hydrogen (secondary N) is 2. The number of imide groups is 1. The van der Waals surface area contributed by atoms with Crippen LogP contribution in [0.5, 0.6) is 0 Å². The second-order valence-corrected chi connectivity index (χ2v) is 1.47. The second kappa shape index (κ2) is 3.93. The highest BCUT2D eigenvalue weighted by Crippen LogP contribution is 1.63. The van der Waals surface area contributed by atoms with E-state index in [0.717, 1.165) is 0 Å². The number of carbonyl (C=O) groups excluding carboxylic acids is 2. The number of rotatable bonds is 1. The smallest absolute Gasteiger partial charge is 0.343 e. The van der Waals surface area contributed by atoms with Crippen LogP contribution in [0.2, 0.25) is 0 Å². The van der Waals surface area contributed by atoms with Gasteiger partial charge in [-0.25, -0.2) is 15.0 Å². The zero-order chi connectivity index (χ0) is 8.85. The van der Waals surface area contributed by atoms with Crippen LogP contribution in [0.3, 0.4) is 0 Å². The molecule has 0 aromatic carbocycles. The minimum absolute atomic E-state index is 0.329. The molecule has 0 atom stereocenters. The molecule has 0 spiro atoms. The summed E-state index contributed by atoms with van der Waals surface area (Å²) in [5, 5.41) is 4.75. The lowest BCUT2D eigenvalue weighted by atomic mass is 10.9. The number of hydrogen-bond donors (Lipinski definition) is 5. The van der Waals surface area contributed by atoms with Crippen molar-refractivity contribution in [2.75, 3.05) is 0 Å². The fraction of sp³-hybridized carbons (Fsp3) is 0. The molecule has 0 aliphatic heterocycles. The van der Waals surface area contributed by atoms with E-state index < -0.39 is 12.1 Å². The molecule has 0 saturated heterocycles. The van der Waals surface area contributed by atoms with Gasteiger partial charge in [-0.3, -0.25) is 5.32 Å². The number of guanidine groups is 1. The van der Waals surface area contributed by atoms with E-state index in [2.05, 4.69) is 10.8 Å². The van der Waals surface area contributed by atoms with Crippen molar-refractivity contribution in [1.82, 2.24) is 10.7 Å². The van der Waals surface area contributed by atoms with E-state index in [1.807, 2.05) is 0 Å². The summed E-state index contributed by atoms with van der Waals surface area (Å²) < 4.78 is 0. The zero-order valence-electron chi connectivity index (χ0n) is 5.50. The summed E-state index contributed by atoms with van der Waals surface area (Å²) in [5.41, 5.74) is 16.1. The molecule has 0 rings (SSSR count). The quantitative estimate of drug-likeness (QED) is 0.164. The predicted octanol–water partition coefficient (Wildman–Crippen LogP) is -2.45. The first-order chi connectivity index (χ1) is 5.02. The van der Waals surface area contributed by atoms with Gasteiger partial charge in [0.15, 0.2) is 0 Å². The van der Waals surface area contributed by atoms with Gasteiger partial charge in [0.25, 0.3) is 0 Å². The molecule has 0 fully saturated rings. The van der Waals surface area contributed by atoms with Crippen molar-refractivity contribution in [2.24, 2.45) is 22.3 Å². The third kappa shape index (κ3) is 5.89. The van der Waals surface area contributed by atoms with Crippen LogP contribution in [0.25, 0.3) is 0 Å². The van der Waals surface area contributed by atoms with Crippen molar-refractivity contribution in [3.05, 3.63) is 0 Å². The largest absolute Gasteiger partial charge is 0.369 e. The lowest BCUT2D eigenvalue weighted by Crippen LogP contribution is -2.41. The topological polar surface area (TPSA) is 149 Å². The minimum Gasteiger partial charge on any atom is -0.369 e. The Labute approximate surface area is 61.8 Å². The van der Waals surface area contributed by atoms with E-state index in [-0.39, 0.29) is 5.96 Å². The Morgan fingerprint density at radius 1 is 1.18 bits per heavy atom. The Kier molecular flexibility index (Phi) is 3.22. The van der Waals surface area contributed by atoms with Gasteiger partial charge >= 0.3 is 12.1 Å². The van der Waals surface area contributed by atoms with E-state index in [1.165, 1.54) is 0 Å². The maximum atomic E-state index is 10.4. The predicted molar refractivity (Wildman–Crippen MR) is 37.1 cm³/mol. The van der Waals surface area contributed by atoms with Gasteiger partial charge in [-0.1, -0.05) is 0 Å². The van der Waals surface area contributed by atoms with E-state index in [4.69, 9.17) is 11.5 Å². The van der Waals surface area contributed by atoms with Gasteiger partial charge < -0.3 is 17.2 Å². The molecule has 0 aliphatic rings. The average Bonchev–Trinajstić information content (AvgIpc) is 1.82. The summed E-state index contributed by atoms with van der Waals surface area (Å²) in [6, 6.07) is -1.89. The van der Waals surface area contributed by atoms with Crippen molar-refractivity contribution >= 4 is 18.0 Å². The summed E-state index contributed by atoms with van der Waals surface area (Å²) in [6.45, 7) is 0. The Morgan fingerprint density at radius 2 is 1.73 bits per heavy atom. The number of amides is 4. The summed E-state index contributed by atoms with van der Waals surface area (Å²) in [7, 11) is 0. The fourth-order valence-electron chi connectivity index (χ4n) is 0.255. The average molecular weight is 160 g/mol. The van der Waals surface area contributed by atoms with Crippen LogP contribution in [0.1, 0.15) is 0 Å². The molecule has 0 heterocycles. The molecule has 11 heavy (non-hydrogen) atoms. The summed E-state index contributed by atoms with van der Waals surface area (Å²) >= 11 is 0. The first kappa shape index (κ1) is 9.01. The van der Waals surface area contributed by atoms with Crippen LogP contribution < -0.4 is 27.9 Å². The third-order valence-corrected chi connectivity index (χ3v) is 0.523. The lowest BCUT2D eigenvalue weighted by Gasteiger charge is -1.97. The molecule has 0 saturated carbocycles. The van der Waals surface area contributed by atoms with Crippen LogP contribution in [-0.4, -0.2) is 18.0 Å². The van der Waals surface area contributed by atoms with Gasteiger partial charge in [0.05, 0.1) is 0 Å². The van der Waals surface area contributed by atoms with Gasteiger partial charge in [0, 0.05) is 0 Å². The molecule has 0 aliphatic carbocycles. The van der Waals surface area contributed by atoms with E-state index in [0.29, 0.717) is 0 Å². The number of hydrogen-bond acceptors (Lipinski definition) is 3. The minimum atomic E-state index is -0.992. The molecule has 0 aromatic rings. The fourth-order valence-corrected chi connectivity index (χ4v) is 0.255. The maximum Gasteiger partial charge on any atom is 0.343 e. The van der Waals surface area contributed by atoms with Gasteiger partial charge in [-0.2, -0.15) is 0 Å². The number of primary amides is 1. The molecular weight excluding hydrogens is 152 g/mol. The van der Waals surface area contributed by atoms with Crippen molar-refractivity contribution in [3.8, 4) is 0 Å². The van der Waals surface area contributed by atoms with Gasteiger partial charge in [-0.05, 0) is 0 Å². The Balaban J connectivity index is 3.71. The standard InChI is InChI=1S/C3H8N6O2/c4-1(5)8-9-3(11)7-2(6)10/h(H4,4,5,8)(H4,6,7,9,10,11). The Morgan fingerprint density at radius 3 is 2.09 bits per heavy atom.